The molecule has 5 rings (SSSR count). The van der Waals surface area contributed by atoms with E-state index in [-0.39, 0.29) is 25.0 Å². The van der Waals surface area contributed by atoms with Crippen LogP contribution in [0.3, 0.4) is 0 Å². The molecule has 3 heterocycles. The predicted octanol–water partition coefficient (Wildman–Crippen LogP) is 2.74. The number of thiazole rings is 1. The Kier molecular flexibility index (Phi) is 6.82. The molecule has 0 saturated carbocycles. The molecule has 0 radical (unpaired) electrons. The molecule has 0 spiro atoms. The molecule has 1 N–H and O–H groups in total. The van der Waals surface area contributed by atoms with Crippen molar-refractivity contribution in [3.05, 3.63) is 53.9 Å². The molecule has 9 nitrogen and oxygen atoms in total. The number of nitrogens with one attached hydrogen (secondary N) is 1. The number of nitrogens with zero attached hydrogens (tertiary/aromatic N) is 3. The summed E-state index contributed by atoms with van der Waals surface area (Å²) in [5.74, 6) is 1.82. The maximum Gasteiger partial charge on any atom is 0.267 e. The van der Waals surface area contributed by atoms with Gasteiger partial charge in [0.15, 0.2) is 16.6 Å². The second-order valence-corrected chi connectivity index (χ2v) is 9.14. The molecule has 1 saturated heterocycles. The van der Waals surface area contributed by atoms with E-state index in [1.165, 1.54) is 11.3 Å². The fraction of sp³-hybridized carbons (Fsp3) is 0.320. The number of para-hydroxylation sites is 2. The first-order valence-corrected chi connectivity index (χ1v) is 12.3. The SMILES string of the molecule is COc1ccc(-c2csc(NC(=O)CN3CCN(C(=O)C4COc5ccccc5O4)CC3)n2)cc1. The van der Waals surface area contributed by atoms with Crippen LogP contribution in [0, 0.1) is 0 Å². The summed E-state index contributed by atoms with van der Waals surface area (Å²) >= 11 is 1.39. The normalized spacial score (nSPS) is 17.6. The third-order valence-electron chi connectivity index (χ3n) is 5.97. The van der Waals surface area contributed by atoms with Crippen molar-refractivity contribution in [3.63, 3.8) is 0 Å². The first-order chi connectivity index (χ1) is 17.1. The van der Waals surface area contributed by atoms with E-state index >= 15 is 0 Å². The highest BCUT2D eigenvalue weighted by atomic mass is 32.1. The van der Waals surface area contributed by atoms with Gasteiger partial charge in [-0.3, -0.25) is 14.5 Å². The number of piperazine rings is 1. The Labute approximate surface area is 207 Å². The zero-order valence-electron chi connectivity index (χ0n) is 19.3. The number of aromatic nitrogens is 1. The van der Waals surface area contributed by atoms with E-state index in [9.17, 15) is 9.59 Å². The van der Waals surface area contributed by atoms with Crippen molar-refractivity contribution >= 4 is 28.3 Å². The number of hydrogen-bond donors (Lipinski definition) is 1. The van der Waals surface area contributed by atoms with Crippen LogP contribution in [0.15, 0.2) is 53.9 Å². The van der Waals surface area contributed by atoms with Crippen LogP contribution in [0.1, 0.15) is 0 Å². The fourth-order valence-electron chi connectivity index (χ4n) is 4.06. The van der Waals surface area contributed by atoms with Gasteiger partial charge in [0.25, 0.3) is 5.91 Å². The van der Waals surface area contributed by atoms with Crippen LogP contribution in [-0.4, -0.2) is 79.1 Å². The number of amides is 2. The van der Waals surface area contributed by atoms with Gasteiger partial charge in [0, 0.05) is 37.1 Å². The van der Waals surface area contributed by atoms with Crippen LogP contribution in [0.5, 0.6) is 17.2 Å². The molecule has 0 aliphatic carbocycles. The first-order valence-electron chi connectivity index (χ1n) is 11.4. The standard InChI is InChI=1S/C25H26N4O5S/c1-32-18-8-6-17(7-9-18)19-16-35-25(26-19)27-23(30)14-28-10-12-29(13-11-28)24(31)22-15-33-20-4-2-3-5-21(20)34-22/h2-9,16,22H,10-15H2,1H3,(H,26,27,30). The second-order valence-electron chi connectivity index (χ2n) is 8.28. The van der Waals surface area contributed by atoms with Crippen molar-refractivity contribution in [2.45, 2.75) is 6.10 Å². The van der Waals surface area contributed by atoms with Gasteiger partial charge in [-0.1, -0.05) is 12.1 Å². The van der Waals surface area contributed by atoms with Crippen molar-refractivity contribution in [2.24, 2.45) is 0 Å². The van der Waals surface area contributed by atoms with E-state index in [0.29, 0.717) is 42.8 Å². The molecule has 2 aliphatic heterocycles. The van der Waals surface area contributed by atoms with Crippen LogP contribution >= 0.6 is 11.3 Å². The lowest BCUT2D eigenvalue weighted by atomic mass is 10.2. The van der Waals surface area contributed by atoms with Gasteiger partial charge in [0.1, 0.15) is 12.4 Å². The summed E-state index contributed by atoms with van der Waals surface area (Å²) in [7, 11) is 1.63. The molecule has 1 aromatic heterocycles. The average molecular weight is 495 g/mol. The minimum atomic E-state index is -0.649. The van der Waals surface area contributed by atoms with E-state index in [1.807, 2.05) is 52.7 Å². The van der Waals surface area contributed by atoms with E-state index in [2.05, 4.69) is 10.3 Å². The minimum Gasteiger partial charge on any atom is -0.497 e. The van der Waals surface area contributed by atoms with Crippen molar-refractivity contribution in [3.8, 4) is 28.5 Å². The van der Waals surface area contributed by atoms with Gasteiger partial charge in [-0.2, -0.15) is 0 Å². The number of carbonyl (C=O) groups is 2. The van der Waals surface area contributed by atoms with Gasteiger partial charge in [0.05, 0.1) is 19.3 Å². The van der Waals surface area contributed by atoms with Crippen molar-refractivity contribution in [1.82, 2.24) is 14.8 Å². The van der Waals surface area contributed by atoms with Crippen molar-refractivity contribution < 1.29 is 23.8 Å². The molecule has 1 unspecified atom stereocenters. The van der Waals surface area contributed by atoms with Crippen LogP contribution < -0.4 is 19.5 Å². The van der Waals surface area contributed by atoms with Crippen LogP contribution in [0.25, 0.3) is 11.3 Å². The van der Waals surface area contributed by atoms with E-state index < -0.39 is 6.10 Å². The zero-order chi connectivity index (χ0) is 24.2. The lowest BCUT2D eigenvalue weighted by Gasteiger charge is -2.36. The number of carbonyl (C=O) groups excluding carboxylic acids is 2. The second kappa shape index (κ2) is 10.3. The van der Waals surface area contributed by atoms with E-state index in [4.69, 9.17) is 14.2 Å². The van der Waals surface area contributed by atoms with Gasteiger partial charge in [-0.25, -0.2) is 4.98 Å². The number of anilines is 1. The Morgan fingerprint density at radius 2 is 1.83 bits per heavy atom. The van der Waals surface area contributed by atoms with Gasteiger partial charge < -0.3 is 24.4 Å². The molecule has 0 bridgehead atoms. The number of rotatable bonds is 6. The molecule has 10 heteroatoms. The van der Waals surface area contributed by atoms with Crippen LogP contribution in [0.2, 0.25) is 0 Å². The smallest absolute Gasteiger partial charge is 0.267 e. The largest absolute Gasteiger partial charge is 0.497 e. The third kappa shape index (κ3) is 5.39. The topological polar surface area (TPSA) is 93.2 Å². The number of benzene rings is 2. The molecule has 2 aromatic carbocycles. The molecule has 1 atom stereocenters. The molecule has 2 amide bonds. The quantitative estimate of drug-likeness (QED) is 0.563. The average Bonchev–Trinajstić information content (AvgIpc) is 3.36. The summed E-state index contributed by atoms with van der Waals surface area (Å²) in [4.78, 5) is 33.8. The lowest BCUT2D eigenvalue weighted by molar-refractivity contribution is -0.143. The molecule has 35 heavy (non-hydrogen) atoms. The third-order valence-corrected chi connectivity index (χ3v) is 6.73. The minimum absolute atomic E-state index is 0.0857. The Morgan fingerprint density at radius 1 is 1.09 bits per heavy atom. The number of methoxy groups -OCH3 is 1. The first kappa shape index (κ1) is 23.1. The molecular formula is C25H26N4O5S. The predicted molar refractivity (Wildman–Crippen MR) is 132 cm³/mol. The van der Waals surface area contributed by atoms with Gasteiger partial charge in [-0.05, 0) is 36.4 Å². The maximum atomic E-state index is 12.9. The van der Waals surface area contributed by atoms with Gasteiger partial charge in [0.2, 0.25) is 12.0 Å². The molecule has 2 aliphatic rings. The highest BCUT2D eigenvalue weighted by Gasteiger charge is 2.33. The zero-order valence-corrected chi connectivity index (χ0v) is 20.1. The highest BCUT2D eigenvalue weighted by molar-refractivity contribution is 7.14. The molecule has 1 fully saturated rings. The highest BCUT2D eigenvalue weighted by Crippen LogP contribution is 2.31. The number of ether oxygens (including phenoxy) is 3. The van der Waals surface area contributed by atoms with Crippen molar-refractivity contribution in [1.29, 1.82) is 0 Å². The monoisotopic (exact) mass is 494 g/mol. The van der Waals surface area contributed by atoms with Gasteiger partial charge >= 0.3 is 0 Å². The van der Waals surface area contributed by atoms with Crippen LogP contribution in [0.4, 0.5) is 5.13 Å². The summed E-state index contributed by atoms with van der Waals surface area (Å²) < 4.78 is 16.7. The molecular weight excluding hydrogens is 468 g/mol. The molecule has 182 valence electrons. The summed E-state index contributed by atoms with van der Waals surface area (Å²) in [6, 6.07) is 15.0. The Bertz CT molecular complexity index is 1190. The lowest BCUT2D eigenvalue weighted by Crippen LogP contribution is -2.54. The van der Waals surface area contributed by atoms with Crippen molar-refractivity contribution in [2.75, 3.05) is 51.8 Å². The number of fused-ring (bicyclic) bond motifs is 1. The summed E-state index contributed by atoms with van der Waals surface area (Å²) in [6.07, 6.45) is -0.649. The summed E-state index contributed by atoms with van der Waals surface area (Å²) in [5.41, 5.74) is 1.76. The Balaban J connectivity index is 1.08. The number of hydrogen-bond acceptors (Lipinski definition) is 8. The fourth-order valence-corrected chi connectivity index (χ4v) is 4.79. The van der Waals surface area contributed by atoms with Gasteiger partial charge in [-0.15, -0.1) is 11.3 Å². The Hall–Kier alpha value is -3.63. The maximum absolute atomic E-state index is 12.9. The van der Waals surface area contributed by atoms with Crippen LogP contribution in [-0.2, 0) is 9.59 Å². The Morgan fingerprint density at radius 3 is 2.57 bits per heavy atom. The van der Waals surface area contributed by atoms with E-state index in [0.717, 1.165) is 17.0 Å². The summed E-state index contributed by atoms with van der Waals surface area (Å²) in [6.45, 7) is 2.73. The summed E-state index contributed by atoms with van der Waals surface area (Å²) in [5, 5.41) is 5.36. The van der Waals surface area contributed by atoms with E-state index in [1.54, 1.807) is 18.1 Å². The molecule has 3 aromatic rings.